The number of aromatic nitrogens is 4. The van der Waals surface area contributed by atoms with Crippen LogP contribution in [0.4, 0.5) is 17.3 Å². The van der Waals surface area contributed by atoms with Gasteiger partial charge >= 0.3 is 5.97 Å². The van der Waals surface area contributed by atoms with Crippen molar-refractivity contribution in [2.24, 2.45) is 0 Å². The molecule has 0 atom stereocenters. The van der Waals surface area contributed by atoms with Crippen LogP contribution >= 0.6 is 0 Å². The van der Waals surface area contributed by atoms with Crippen molar-refractivity contribution in [1.82, 2.24) is 19.4 Å². The highest BCUT2D eigenvalue weighted by Gasteiger charge is 2.18. The van der Waals surface area contributed by atoms with Crippen LogP contribution in [0.1, 0.15) is 15.9 Å². The number of nitro benzene ring substituents is 1. The standard InChI is InChI=1S/C20H16N6O4/c1-12-15(4-3-5-16(12)26(28)29)17-23-19-21-10-11-25(19)20(24-17)22-14-8-6-13(7-9-14)18(27)30-2/h3-11H,1-2H3,(H,21,22,23,24). The molecule has 2 aromatic carbocycles. The van der Waals surface area contributed by atoms with Gasteiger partial charge in [-0.2, -0.15) is 9.97 Å². The van der Waals surface area contributed by atoms with Gasteiger partial charge in [0.05, 0.1) is 17.6 Å². The van der Waals surface area contributed by atoms with Crippen LogP contribution in [-0.2, 0) is 4.74 Å². The lowest BCUT2D eigenvalue weighted by atomic mass is 10.1. The zero-order chi connectivity index (χ0) is 21.3. The maximum atomic E-state index is 11.6. The van der Waals surface area contributed by atoms with Crippen molar-refractivity contribution in [2.45, 2.75) is 6.92 Å². The van der Waals surface area contributed by atoms with Gasteiger partial charge in [0.15, 0.2) is 5.82 Å². The number of carbonyl (C=O) groups excluding carboxylic acids is 1. The molecule has 0 fully saturated rings. The molecule has 0 aliphatic heterocycles. The molecule has 2 heterocycles. The summed E-state index contributed by atoms with van der Waals surface area (Å²) in [5.74, 6) is 0.691. The average molecular weight is 404 g/mol. The normalized spacial score (nSPS) is 10.7. The molecular weight excluding hydrogens is 388 g/mol. The van der Waals surface area contributed by atoms with E-state index in [1.807, 2.05) is 0 Å². The third kappa shape index (κ3) is 3.41. The molecule has 0 saturated carbocycles. The number of imidazole rings is 1. The largest absolute Gasteiger partial charge is 0.465 e. The lowest BCUT2D eigenvalue weighted by molar-refractivity contribution is -0.385. The summed E-state index contributed by atoms with van der Waals surface area (Å²) >= 11 is 0. The Balaban J connectivity index is 1.77. The number of methoxy groups -OCH3 is 1. The monoisotopic (exact) mass is 404 g/mol. The lowest BCUT2D eigenvalue weighted by Gasteiger charge is -2.11. The fraction of sp³-hybridized carbons (Fsp3) is 0.100. The Kier molecular flexibility index (Phi) is 4.80. The Bertz CT molecular complexity index is 1270. The Morgan fingerprint density at radius 3 is 2.63 bits per heavy atom. The predicted molar refractivity (Wildman–Crippen MR) is 109 cm³/mol. The number of nitro groups is 1. The molecule has 150 valence electrons. The van der Waals surface area contributed by atoms with Crippen LogP contribution < -0.4 is 5.32 Å². The minimum atomic E-state index is -0.436. The molecule has 0 unspecified atom stereocenters. The predicted octanol–water partition coefficient (Wildman–Crippen LogP) is 3.54. The van der Waals surface area contributed by atoms with Crippen LogP contribution in [0.15, 0.2) is 54.9 Å². The van der Waals surface area contributed by atoms with E-state index in [0.717, 1.165) is 0 Å². The van der Waals surface area contributed by atoms with Crippen molar-refractivity contribution in [1.29, 1.82) is 0 Å². The number of hydrogen-bond donors (Lipinski definition) is 1. The van der Waals surface area contributed by atoms with E-state index in [2.05, 4.69) is 20.3 Å². The van der Waals surface area contributed by atoms with Gasteiger partial charge in [0.1, 0.15) is 0 Å². The molecule has 2 aromatic heterocycles. The van der Waals surface area contributed by atoms with Crippen molar-refractivity contribution in [3.8, 4) is 11.4 Å². The van der Waals surface area contributed by atoms with Gasteiger partial charge in [-0.05, 0) is 31.2 Å². The minimum absolute atomic E-state index is 0.00720. The van der Waals surface area contributed by atoms with Crippen LogP contribution in [0.5, 0.6) is 0 Å². The van der Waals surface area contributed by atoms with E-state index < -0.39 is 10.9 Å². The number of nitrogens with zero attached hydrogens (tertiary/aromatic N) is 5. The molecule has 0 amide bonds. The number of ether oxygens (including phenoxy) is 1. The second-order valence-corrected chi connectivity index (χ2v) is 6.37. The van der Waals surface area contributed by atoms with E-state index >= 15 is 0 Å². The van der Waals surface area contributed by atoms with Gasteiger partial charge in [-0.3, -0.25) is 14.5 Å². The number of anilines is 2. The fourth-order valence-corrected chi connectivity index (χ4v) is 3.03. The topological polar surface area (TPSA) is 125 Å². The SMILES string of the molecule is COC(=O)c1ccc(Nc2nc(-c3cccc([N+](=O)[O-])c3C)nc3nccn23)cc1. The van der Waals surface area contributed by atoms with Gasteiger partial charge in [0, 0.05) is 35.3 Å². The van der Waals surface area contributed by atoms with E-state index in [9.17, 15) is 14.9 Å². The first kappa shape index (κ1) is 19.0. The summed E-state index contributed by atoms with van der Waals surface area (Å²) in [7, 11) is 1.32. The highest BCUT2D eigenvalue weighted by atomic mass is 16.6. The van der Waals surface area contributed by atoms with Crippen molar-refractivity contribution in [3.05, 3.63) is 76.1 Å². The van der Waals surface area contributed by atoms with Gasteiger partial charge in [-0.1, -0.05) is 12.1 Å². The van der Waals surface area contributed by atoms with Crippen molar-refractivity contribution < 1.29 is 14.5 Å². The molecule has 1 N–H and O–H groups in total. The van der Waals surface area contributed by atoms with E-state index in [0.29, 0.717) is 39.9 Å². The second kappa shape index (κ2) is 7.59. The molecule has 0 aliphatic rings. The smallest absolute Gasteiger partial charge is 0.337 e. The number of fused-ring (bicyclic) bond motifs is 1. The van der Waals surface area contributed by atoms with Crippen molar-refractivity contribution in [3.63, 3.8) is 0 Å². The van der Waals surface area contributed by atoms with Gasteiger partial charge in [-0.25, -0.2) is 9.78 Å². The summed E-state index contributed by atoms with van der Waals surface area (Å²) in [4.78, 5) is 35.7. The molecule has 0 saturated heterocycles. The zero-order valence-electron chi connectivity index (χ0n) is 16.1. The number of carbonyl (C=O) groups is 1. The highest BCUT2D eigenvalue weighted by molar-refractivity contribution is 5.89. The Morgan fingerprint density at radius 1 is 1.17 bits per heavy atom. The van der Waals surface area contributed by atoms with E-state index in [-0.39, 0.29) is 5.69 Å². The Hall–Kier alpha value is -4.34. The third-order valence-corrected chi connectivity index (χ3v) is 4.57. The van der Waals surface area contributed by atoms with Crippen molar-refractivity contribution in [2.75, 3.05) is 12.4 Å². The maximum Gasteiger partial charge on any atom is 0.337 e. The van der Waals surface area contributed by atoms with Gasteiger partial charge in [0.25, 0.3) is 5.69 Å². The number of rotatable bonds is 5. The van der Waals surface area contributed by atoms with Crippen LogP contribution in [0, 0.1) is 17.0 Å². The Morgan fingerprint density at radius 2 is 1.93 bits per heavy atom. The summed E-state index contributed by atoms with van der Waals surface area (Å²) < 4.78 is 6.36. The third-order valence-electron chi connectivity index (χ3n) is 4.57. The minimum Gasteiger partial charge on any atom is -0.465 e. The van der Waals surface area contributed by atoms with Gasteiger partial charge in [-0.15, -0.1) is 0 Å². The quantitative estimate of drug-likeness (QED) is 0.304. The molecule has 4 rings (SSSR count). The van der Waals surface area contributed by atoms with Crippen LogP contribution in [0.25, 0.3) is 17.2 Å². The molecule has 10 nitrogen and oxygen atoms in total. The average Bonchev–Trinajstić information content (AvgIpc) is 3.22. The van der Waals surface area contributed by atoms with Gasteiger partial charge < -0.3 is 10.1 Å². The van der Waals surface area contributed by atoms with Crippen molar-refractivity contribution >= 4 is 29.1 Å². The second-order valence-electron chi connectivity index (χ2n) is 6.37. The van der Waals surface area contributed by atoms with E-state index in [1.54, 1.807) is 60.1 Å². The summed E-state index contributed by atoms with van der Waals surface area (Å²) in [6, 6.07) is 11.5. The molecular formula is C20H16N6O4. The summed E-state index contributed by atoms with van der Waals surface area (Å²) in [5.41, 5.74) is 2.10. The molecule has 0 spiro atoms. The molecule has 10 heteroatoms. The van der Waals surface area contributed by atoms with Gasteiger partial charge in [0.2, 0.25) is 11.7 Å². The highest BCUT2D eigenvalue weighted by Crippen LogP contribution is 2.29. The molecule has 0 aliphatic carbocycles. The van der Waals surface area contributed by atoms with Crippen LogP contribution in [0.3, 0.4) is 0 Å². The lowest BCUT2D eigenvalue weighted by Crippen LogP contribution is -2.06. The van der Waals surface area contributed by atoms with E-state index in [1.165, 1.54) is 13.2 Å². The summed E-state index contributed by atoms with van der Waals surface area (Å²) in [5, 5.41) is 14.5. The fourth-order valence-electron chi connectivity index (χ4n) is 3.03. The number of hydrogen-bond acceptors (Lipinski definition) is 8. The van der Waals surface area contributed by atoms with Crippen LogP contribution in [-0.4, -0.2) is 37.4 Å². The number of nitrogens with one attached hydrogen (secondary N) is 1. The Labute approximate surface area is 170 Å². The number of esters is 1. The molecule has 30 heavy (non-hydrogen) atoms. The first-order valence-electron chi connectivity index (χ1n) is 8.89. The molecule has 0 bridgehead atoms. The molecule has 0 radical (unpaired) electrons. The first-order chi connectivity index (χ1) is 14.5. The first-order valence-corrected chi connectivity index (χ1v) is 8.89. The van der Waals surface area contributed by atoms with E-state index in [4.69, 9.17) is 4.74 Å². The maximum absolute atomic E-state index is 11.6. The number of benzene rings is 2. The summed E-state index contributed by atoms with van der Waals surface area (Å²) in [6.45, 7) is 1.66. The molecule has 4 aromatic rings. The zero-order valence-corrected chi connectivity index (χ0v) is 16.1. The summed E-state index contributed by atoms with van der Waals surface area (Å²) in [6.07, 6.45) is 3.28. The van der Waals surface area contributed by atoms with Crippen LogP contribution in [0.2, 0.25) is 0 Å².